The van der Waals surface area contributed by atoms with E-state index in [2.05, 4.69) is 10.4 Å². The molecule has 0 aliphatic heterocycles. The maximum Gasteiger partial charge on any atom is 0.263 e. The molecule has 0 aliphatic rings. The molecule has 0 spiro atoms. The zero-order chi connectivity index (χ0) is 24.1. The first-order valence-corrected chi connectivity index (χ1v) is 11.2. The number of aryl methyl sites for hydroxylation is 1. The molecule has 0 aliphatic carbocycles. The van der Waals surface area contributed by atoms with Crippen LogP contribution in [0.2, 0.25) is 0 Å². The molecular weight excluding hydrogens is 456 g/mol. The van der Waals surface area contributed by atoms with Gasteiger partial charge in [-0.05, 0) is 37.3 Å². The Morgan fingerprint density at radius 2 is 1.79 bits per heavy atom. The van der Waals surface area contributed by atoms with Crippen molar-refractivity contribution in [1.29, 1.82) is 0 Å². The van der Waals surface area contributed by atoms with Gasteiger partial charge in [-0.3, -0.25) is 4.79 Å². The zero-order valence-corrected chi connectivity index (χ0v) is 20.0. The summed E-state index contributed by atoms with van der Waals surface area (Å²) >= 11 is 1.41. The smallest absolute Gasteiger partial charge is 0.263 e. The van der Waals surface area contributed by atoms with Crippen LogP contribution in [-0.2, 0) is 4.79 Å². The van der Waals surface area contributed by atoms with Crippen molar-refractivity contribution in [3.63, 3.8) is 0 Å². The molecule has 0 saturated heterocycles. The van der Waals surface area contributed by atoms with Crippen molar-refractivity contribution in [3.8, 4) is 39.4 Å². The second kappa shape index (κ2) is 10.3. The van der Waals surface area contributed by atoms with Gasteiger partial charge in [-0.25, -0.2) is 4.98 Å². The Bertz CT molecular complexity index is 1300. The highest BCUT2D eigenvalue weighted by Gasteiger charge is 2.16. The summed E-state index contributed by atoms with van der Waals surface area (Å²) in [6.45, 7) is 1.69. The van der Waals surface area contributed by atoms with Gasteiger partial charge in [-0.15, -0.1) is 11.3 Å². The number of anilines is 1. The summed E-state index contributed by atoms with van der Waals surface area (Å²) in [6, 6.07) is 14.5. The van der Waals surface area contributed by atoms with E-state index in [1.165, 1.54) is 11.3 Å². The van der Waals surface area contributed by atoms with Crippen LogP contribution in [0, 0.1) is 6.92 Å². The molecule has 2 aromatic carbocycles. The topological polar surface area (TPSA) is 96.7 Å². The lowest BCUT2D eigenvalue weighted by Gasteiger charge is -2.09. The Labute approximate surface area is 200 Å². The molecule has 176 valence electrons. The number of hydrogen-bond acceptors (Lipinski definition) is 8. The molecule has 2 aromatic heterocycles. The molecule has 10 heteroatoms. The molecule has 4 rings (SSSR count). The standard InChI is InChI=1S/C24H24N4O5S/c1-15-10-22(26-23(29)13-33-18-7-5-6-17(12-18)30-2)28(27-15)24-25-19(14-34-24)16-8-9-20(31-3)21(11-16)32-4/h5-12,14H,13H2,1-4H3,(H,26,29). The van der Waals surface area contributed by atoms with Crippen molar-refractivity contribution in [2.75, 3.05) is 33.3 Å². The van der Waals surface area contributed by atoms with Gasteiger partial charge >= 0.3 is 0 Å². The van der Waals surface area contributed by atoms with Gasteiger partial charge in [0.15, 0.2) is 18.1 Å². The molecule has 1 N–H and O–H groups in total. The highest BCUT2D eigenvalue weighted by atomic mass is 32.1. The van der Waals surface area contributed by atoms with Crippen molar-refractivity contribution < 1.29 is 23.7 Å². The average molecular weight is 481 g/mol. The number of ether oxygens (including phenoxy) is 4. The predicted molar refractivity (Wildman–Crippen MR) is 130 cm³/mol. The summed E-state index contributed by atoms with van der Waals surface area (Å²) in [5.41, 5.74) is 2.38. The fraction of sp³-hybridized carbons (Fsp3) is 0.208. The third-order valence-electron chi connectivity index (χ3n) is 4.86. The van der Waals surface area contributed by atoms with Gasteiger partial charge in [0.1, 0.15) is 17.3 Å². The monoisotopic (exact) mass is 480 g/mol. The van der Waals surface area contributed by atoms with E-state index in [9.17, 15) is 4.79 Å². The summed E-state index contributed by atoms with van der Waals surface area (Å²) in [5.74, 6) is 2.64. The zero-order valence-electron chi connectivity index (χ0n) is 19.2. The fourth-order valence-electron chi connectivity index (χ4n) is 3.24. The first-order valence-electron chi connectivity index (χ1n) is 10.3. The highest BCUT2D eigenvalue weighted by Crippen LogP contribution is 2.33. The minimum Gasteiger partial charge on any atom is -0.497 e. The molecule has 0 bridgehead atoms. The van der Waals surface area contributed by atoms with Crippen LogP contribution in [0.25, 0.3) is 16.4 Å². The largest absolute Gasteiger partial charge is 0.497 e. The van der Waals surface area contributed by atoms with Gasteiger partial charge in [-0.1, -0.05) is 6.07 Å². The van der Waals surface area contributed by atoms with E-state index in [4.69, 9.17) is 23.9 Å². The Morgan fingerprint density at radius 1 is 1.00 bits per heavy atom. The number of nitrogens with one attached hydrogen (secondary N) is 1. The number of benzene rings is 2. The molecule has 0 radical (unpaired) electrons. The number of carbonyl (C=O) groups excluding carboxylic acids is 1. The lowest BCUT2D eigenvalue weighted by Crippen LogP contribution is -2.21. The molecule has 0 fully saturated rings. The van der Waals surface area contributed by atoms with Crippen LogP contribution in [0.1, 0.15) is 5.69 Å². The van der Waals surface area contributed by atoms with E-state index in [0.717, 1.165) is 17.0 Å². The van der Waals surface area contributed by atoms with Crippen LogP contribution >= 0.6 is 11.3 Å². The lowest BCUT2D eigenvalue weighted by atomic mass is 10.1. The molecular formula is C24H24N4O5S. The van der Waals surface area contributed by atoms with Crippen LogP contribution < -0.4 is 24.3 Å². The molecule has 34 heavy (non-hydrogen) atoms. The van der Waals surface area contributed by atoms with Crippen LogP contribution in [0.5, 0.6) is 23.0 Å². The Kier molecular flexibility index (Phi) is 6.98. The Morgan fingerprint density at radius 3 is 2.56 bits per heavy atom. The number of thiazole rings is 1. The normalized spacial score (nSPS) is 10.6. The van der Waals surface area contributed by atoms with Crippen molar-refractivity contribution in [2.45, 2.75) is 6.92 Å². The second-order valence-electron chi connectivity index (χ2n) is 7.18. The van der Waals surface area contributed by atoms with Gasteiger partial charge in [-0.2, -0.15) is 9.78 Å². The minimum atomic E-state index is -0.319. The molecule has 2 heterocycles. The van der Waals surface area contributed by atoms with Gasteiger partial charge in [0.25, 0.3) is 5.91 Å². The quantitative estimate of drug-likeness (QED) is 0.380. The second-order valence-corrected chi connectivity index (χ2v) is 8.02. The number of nitrogens with zero attached hydrogens (tertiary/aromatic N) is 3. The number of hydrogen-bond donors (Lipinski definition) is 1. The summed E-state index contributed by atoms with van der Waals surface area (Å²) in [6.07, 6.45) is 0. The molecule has 9 nitrogen and oxygen atoms in total. The number of amides is 1. The molecule has 1 amide bonds. The van der Waals surface area contributed by atoms with Crippen molar-refractivity contribution in [2.24, 2.45) is 0 Å². The SMILES string of the molecule is COc1cccc(OCC(=O)Nc2cc(C)nn2-c2nc(-c3ccc(OC)c(OC)c3)cs2)c1. The third-order valence-corrected chi connectivity index (χ3v) is 5.68. The van der Waals surface area contributed by atoms with E-state index in [1.54, 1.807) is 56.3 Å². The molecule has 0 saturated carbocycles. The van der Waals surface area contributed by atoms with E-state index in [0.29, 0.717) is 33.9 Å². The Balaban J connectivity index is 1.49. The Hall–Kier alpha value is -4.05. The van der Waals surface area contributed by atoms with E-state index >= 15 is 0 Å². The molecule has 0 unspecified atom stereocenters. The number of aromatic nitrogens is 3. The summed E-state index contributed by atoms with van der Waals surface area (Å²) < 4.78 is 23.1. The van der Waals surface area contributed by atoms with Crippen LogP contribution in [0.3, 0.4) is 0 Å². The maximum absolute atomic E-state index is 12.5. The van der Waals surface area contributed by atoms with Crippen molar-refractivity contribution in [1.82, 2.24) is 14.8 Å². The average Bonchev–Trinajstić information content (AvgIpc) is 3.49. The van der Waals surface area contributed by atoms with E-state index in [-0.39, 0.29) is 12.5 Å². The molecule has 0 atom stereocenters. The summed E-state index contributed by atoms with van der Waals surface area (Å²) in [5, 5.41) is 9.87. The lowest BCUT2D eigenvalue weighted by molar-refractivity contribution is -0.118. The summed E-state index contributed by atoms with van der Waals surface area (Å²) in [7, 11) is 4.76. The van der Waals surface area contributed by atoms with Crippen LogP contribution in [0.15, 0.2) is 53.9 Å². The number of rotatable bonds is 9. The first-order chi connectivity index (χ1) is 16.5. The predicted octanol–water partition coefficient (Wildman–Crippen LogP) is 4.35. The van der Waals surface area contributed by atoms with E-state index < -0.39 is 0 Å². The number of carbonyl (C=O) groups is 1. The van der Waals surface area contributed by atoms with Gasteiger partial charge < -0.3 is 24.3 Å². The van der Waals surface area contributed by atoms with E-state index in [1.807, 2.05) is 30.5 Å². The van der Waals surface area contributed by atoms with Gasteiger partial charge in [0.05, 0.1) is 32.7 Å². The van der Waals surface area contributed by atoms with Crippen LogP contribution in [-0.4, -0.2) is 48.6 Å². The first kappa shape index (κ1) is 23.1. The van der Waals surface area contributed by atoms with Crippen molar-refractivity contribution in [3.05, 3.63) is 59.6 Å². The number of methoxy groups -OCH3 is 3. The molecule has 4 aromatic rings. The summed E-state index contributed by atoms with van der Waals surface area (Å²) in [4.78, 5) is 17.2. The minimum absolute atomic E-state index is 0.161. The highest BCUT2D eigenvalue weighted by molar-refractivity contribution is 7.12. The van der Waals surface area contributed by atoms with Crippen molar-refractivity contribution >= 4 is 23.1 Å². The van der Waals surface area contributed by atoms with Gasteiger partial charge in [0, 0.05) is 23.1 Å². The van der Waals surface area contributed by atoms with Crippen LogP contribution in [0.4, 0.5) is 5.82 Å². The third kappa shape index (κ3) is 5.12. The fourth-order valence-corrected chi connectivity index (χ4v) is 4.04. The maximum atomic E-state index is 12.5. The van der Waals surface area contributed by atoms with Gasteiger partial charge in [0.2, 0.25) is 5.13 Å².